The van der Waals surface area contributed by atoms with Crippen LogP contribution >= 0.6 is 0 Å². The molecule has 0 aliphatic heterocycles. The van der Waals surface area contributed by atoms with Gasteiger partial charge in [-0.15, -0.1) is 0 Å². The van der Waals surface area contributed by atoms with E-state index in [1.54, 1.807) is 0 Å². The van der Waals surface area contributed by atoms with Crippen molar-refractivity contribution in [3.05, 3.63) is 188 Å². The Balaban J connectivity index is 1.13. The maximum absolute atomic E-state index is 6.36. The van der Waals surface area contributed by atoms with Crippen molar-refractivity contribution >= 4 is 97.7 Å². The molecule has 0 saturated carbocycles. The molecule has 13 aromatic rings. The van der Waals surface area contributed by atoms with Gasteiger partial charge in [-0.05, 0) is 85.2 Å². The number of furan rings is 1. The summed E-state index contributed by atoms with van der Waals surface area (Å²) in [5.74, 6) is 0.635. The van der Waals surface area contributed by atoms with Gasteiger partial charge in [-0.1, -0.05) is 152 Å². The minimum atomic E-state index is 0.635. The number of nitrogens with zero attached hydrogens (tertiary/aromatic N) is 3. The molecule has 58 heavy (non-hydrogen) atoms. The van der Waals surface area contributed by atoms with Crippen LogP contribution in [0, 0.1) is 0 Å². The third kappa shape index (κ3) is 4.45. The van der Waals surface area contributed by atoms with Crippen molar-refractivity contribution in [3.8, 4) is 28.3 Å². The smallest absolute Gasteiger partial charge is 0.235 e. The van der Waals surface area contributed by atoms with Crippen molar-refractivity contribution in [2.45, 2.75) is 0 Å². The molecule has 10 aromatic carbocycles. The van der Waals surface area contributed by atoms with Crippen LogP contribution in [0.5, 0.6) is 0 Å². The Morgan fingerprint density at radius 2 is 0.983 bits per heavy atom. The molecular weight excluding hydrogens is 707 g/mol. The second kappa shape index (κ2) is 11.8. The van der Waals surface area contributed by atoms with Crippen LogP contribution in [0.4, 0.5) is 0 Å². The van der Waals surface area contributed by atoms with Gasteiger partial charge in [0.1, 0.15) is 11.2 Å². The molecule has 3 aromatic heterocycles. The molecule has 0 fully saturated rings. The minimum Gasteiger partial charge on any atom is -0.456 e. The molecule has 13 rings (SSSR count). The molecule has 4 nitrogen and oxygen atoms in total. The second-order valence-corrected chi connectivity index (χ2v) is 15.3. The zero-order chi connectivity index (χ0) is 37.9. The fraction of sp³-hybridized carbons (Fsp3) is 0. The molecule has 4 heteroatoms. The molecule has 0 aliphatic rings. The van der Waals surface area contributed by atoms with Gasteiger partial charge in [0.2, 0.25) is 5.95 Å². The molecule has 0 unspecified atom stereocenters. The fourth-order valence-corrected chi connectivity index (χ4v) is 9.48. The standard InChI is InChI=1S/C54H31N3O/c1-2-12-35-29-36(26-23-32(35)11-1)33-21-24-34(25-22-33)52-51-41-16-5-3-13-38(41)39-14-4-6-17-42(39)53(51)56-54(55-52)57-46-19-9-7-15-40(46)45-30-37-27-28-49-50(44(37)31-47(45)57)43-18-8-10-20-48(43)58-49/h1-31H. The van der Waals surface area contributed by atoms with Crippen molar-refractivity contribution in [2.75, 3.05) is 0 Å². The lowest BCUT2D eigenvalue weighted by molar-refractivity contribution is 0.669. The van der Waals surface area contributed by atoms with Gasteiger partial charge < -0.3 is 4.42 Å². The number of fused-ring (bicyclic) bond motifs is 15. The summed E-state index contributed by atoms with van der Waals surface area (Å²) in [4.78, 5) is 11.2. The van der Waals surface area contributed by atoms with Gasteiger partial charge in [0.25, 0.3) is 0 Å². The first-order valence-corrected chi connectivity index (χ1v) is 19.7. The van der Waals surface area contributed by atoms with Crippen LogP contribution in [-0.4, -0.2) is 14.5 Å². The van der Waals surface area contributed by atoms with Crippen molar-refractivity contribution in [1.82, 2.24) is 14.5 Å². The normalized spacial score (nSPS) is 12.1. The van der Waals surface area contributed by atoms with Crippen molar-refractivity contribution in [1.29, 1.82) is 0 Å². The van der Waals surface area contributed by atoms with Crippen molar-refractivity contribution in [3.63, 3.8) is 0 Å². The molecular formula is C54H31N3O. The number of aromatic nitrogens is 3. The fourth-order valence-electron chi connectivity index (χ4n) is 9.48. The third-order valence-corrected chi connectivity index (χ3v) is 12.2. The lowest BCUT2D eigenvalue weighted by Crippen LogP contribution is -2.04. The quantitative estimate of drug-likeness (QED) is 0.170. The molecule has 0 N–H and O–H groups in total. The molecule has 3 heterocycles. The Hall–Kier alpha value is -7.82. The summed E-state index contributed by atoms with van der Waals surface area (Å²) < 4.78 is 8.62. The summed E-state index contributed by atoms with van der Waals surface area (Å²) in [6, 6.07) is 67.3. The zero-order valence-electron chi connectivity index (χ0n) is 31.1. The number of para-hydroxylation sites is 2. The molecule has 0 amide bonds. The largest absolute Gasteiger partial charge is 0.456 e. The van der Waals surface area contributed by atoms with Gasteiger partial charge in [0.15, 0.2) is 0 Å². The van der Waals surface area contributed by atoms with E-state index in [9.17, 15) is 0 Å². The first kappa shape index (κ1) is 31.4. The van der Waals surface area contributed by atoms with E-state index in [4.69, 9.17) is 14.4 Å². The SMILES string of the molecule is c1ccc2cc(-c3ccc(-c4nc(-n5c6ccccc6c6cc7ccc8oc9ccccc9c8c7cc65)nc5c6ccccc6c6ccccc6c45)cc3)ccc2c1. The Morgan fingerprint density at radius 1 is 0.345 bits per heavy atom. The van der Waals surface area contributed by atoms with Crippen molar-refractivity contribution < 1.29 is 4.42 Å². The van der Waals surface area contributed by atoms with Crippen LogP contribution in [-0.2, 0) is 0 Å². The van der Waals surface area contributed by atoms with Gasteiger partial charge in [-0.2, -0.15) is 0 Å². The summed E-state index contributed by atoms with van der Waals surface area (Å²) in [5.41, 5.74) is 9.10. The Morgan fingerprint density at radius 3 is 1.83 bits per heavy atom. The first-order valence-electron chi connectivity index (χ1n) is 19.7. The van der Waals surface area contributed by atoms with E-state index in [-0.39, 0.29) is 0 Å². The summed E-state index contributed by atoms with van der Waals surface area (Å²) in [6.07, 6.45) is 0. The van der Waals surface area contributed by atoms with E-state index >= 15 is 0 Å². The summed E-state index contributed by atoms with van der Waals surface area (Å²) in [5, 5.41) is 15.0. The van der Waals surface area contributed by atoms with E-state index in [0.717, 1.165) is 87.6 Å². The van der Waals surface area contributed by atoms with Gasteiger partial charge in [0.05, 0.1) is 22.2 Å². The number of hydrogen-bond acceptors (Lipinski definition) is 3. The molecule has 268 valence electrons. The van der Waals surface area contributed by atoms with E-state index in [1.165, 1.54) is 32.5 Å². The van der Waals surface area contributed by atoms with Gasteiger partial charge in [0, 0.05) is 37.9 Å². The minimum absolute atomic E-state index is 0.635. The monoisotopic (exact) mass is 737 g/mol. The van der Waals surface area contributed by atoms with Crippen LogP contribution < -0.4 is 0 Å². The molecule has 0 aliphatic carbocycles. The highest BCUT2D eigenvalue weighted by Gasteiger charge is 2.22. The predicted molar refractivity (Wildman–Crippen MR) is 242 cm³/mol. The lowest BCUT2D eigenvalue weighted by atomic mass is 9.94. The van der Waals surface area contributed by atoms with Crippen LogP contribution in [0.1, 0.15) is 0 Å². The number of hydrogen-bond donors (Lipinski definition) is 0. The number of rotatable bonds is 3. The van der Waals surface area contributed by atoms with Crippen LogP contribution in [0.2, 0.25) is 0 Å². The van der Waals surface area contributed by atoms with E-state index in [2.05, 4.69) is 180 Å². The highest BCUT2D eigenvalue weighted by Crippen LogP contribution is 2.43. The van der Waals surface area contributed by atoms with Crippen LogP contribution in [0.3, 0.4) is 0 Å². The predicted octanol–water partition coefficient (Wildman–Crippen LogP) is 14.6. The zero-order valence-corrected chi connectivity index (χ0v) is 31.1. The van der Waals surface area contributed by atoms with Crippen LogP contribution in [0.15, 0.2) is 192 Å². The average Bonchev–Trinajstić information content (AvgIpc) is 3.83. The number of benzene rings is 10. The lowest BCUT2D eigenvalue weighted by Gasteiger charge is -2.16. The van der Waals surface area contributed by atoms with Gasteiger partial charge in [-0.25, -0.2) is 9.97 Å². The molecule has 0 spiro atoms. The first-order chi connectivity index (χ1) is 28.7. The van der Waals surface area contributed by atoms with Gasteiger partial charge in [-0.3, -0.25) is 4.57 Å². The Labute approximate surface area is 331 Å². The highest BCUT2D eigenvalue weighted by atomic mass is 16.3. The van der Waals surface area contributed by atoms with E-state index in [0.29, 0.717) is 5.95 Å². The van der Waals surface area contributed by atoms with E-state index < -0.39 is 0 Å². The Bertz CT molecular complexity index is 3850. The average molecular weight is 738 g/mol. The maximum Gasteiger partial charge on any atom is 0.235 e. The topological polar surface area (TPSA) is 43.9 Å². The third-order valence-electron chi connectivity index (χ3n) is 12.2. The van der Waals surface area contributed by atoms with Crippen LogP contribution in [0.25, 0.3) is 126 Å². The molecule has 0 radical (unpaired) electrons. The molecule has 0 bridgehead atoms. The van der Waals surface area contributed by atoms with Crippen molar-refractivity contribution in [2.24, 2.45) is 0 Å². The maximum atomic E-state index is 6.36. The summed E-state index contributed by atoms with van der Waals surface area (Å²) >= 11 is 0. The summed E-state index contributed by atoms with van der Waals surface area (Å²) in [7, 11) is 0. The van der Waals surface area contributed by atoms with E-state index in [1.807, 2.05) is 12.1 Å². The summed E-state index contributed by atoms with van der Waals surface area (Å²) in [6.45, 7) is 0. The highest BCUT2D eigenvalue weighted by molar-refractivity contribution is 6.27. The Kier molecular flexibility index (Phi) is 6.41. The molecule has 0 atom stereocenters. The second-order valence-electron chi connectivity index (χ2n) is 15.3. The van der Waals surface area contributed by atoms with Gasteiger partial charge >= 0.3 is 0 Å². The molecule has 0 saturated heterocycles.